The van der Waals surface area contributed by atoms with Crippen molar-refractivity contribution in [1.29, 1.82) is 0 Å². The zero-order valence-corrected chi connectivity index (χ0v) is 20.8. The summed E-state index contributed by atoms with van der Waals surface area (Å²) in [6.45, 7) is 6.58. The Balaban J connectivity index is 1.11. The number of fused-ring (bicyclic) bond motifs is 4. The first kappa shape index (κ1) is 22.8. The third kappa shape index (κ3) is 4.25. The Morgan fingerprint density at radius 1 is 1.11 bits per heavy atom. The first-order chi connectivity index (χ1) is 17.3. The summed E-state index contributed by atoms with van der Waals surface area (Å²) >= 11 is 0. The van der Waals surface area contributed by atoms with Crippen LogP contribution in [-0.2, 0) is 27.8 Å². The van der Waals surface area contributed by atoms with Gasteiger partial charge in [0.15, 0.2) is 0 Å². The average Bonchev–Trinajstić information content (AvgIpc) is 3.34. The zero-order chi connectivity index (χ0) is 25.0. The maximum atomic E-state index is 12.8. The van der Waals surface area contributed by atoms with Gasteiger partial charge in [0.25, 0.3) is 0 Å². The van der Waals surface area contributed by atoms with Gasteiger partial charge in [0.1, 0.15) is 35.0 Å². The first-order valence-electron chi connectivity index (χ1n) is 12.6. The minimum Gasteiger partial charge on any atom is -0.489 e. The number of carbonyl (C=O) groups excluding carboxylic acids is 2. The van der Waals surface area contributed by atoms with Crippen LogP contribution in [0.2, 0.25) is 0 Å². The second-order valence-electron chi connectivity index (χ2n) is 11.1. The highest BCUT2D eigenvalue weighted by molar-refractivity contribution is 5.93. The minimum absolute atomic E-state index is 0.0240. The molecule has 2 aliphatic heterocycles. The summed E-state index contributed by atoms with van der Waals surface area (Å²) in [6.07, 6.45) is 3.73. The van der Waals surface area contributed by atoms with E-state index in [9.17, 15) is 9.59 Å². The number of aromatic nitrogens is 1. The molecule has 3 atom stereocenters. The number of benzene rings is 2. The number of anilines is 1. The molecule has 1 aliphatic carbocycles. The molecule has 3 aromatic rings. The maximum Gasteiger partial charge on any atom is 0.225 e. The van der Waals surface area contributed by atoms with Crippen LogP contribution in [-0.4, -0.2) is 22.8 Å². The van der Waals surface area contributed by atoms with Gasteiger partial charge in [-0.3, -0.25) is 9.59 Å². The molecular weight excluding hydrogens is 452 g/mol. The quantitative estimate of drug-likeness (QED) is 0.485. The lowest BCUT2D eigenvalue weighted by molar-refractivity contribution is -0.119. The van der Waals surface area contributed by atoms with E-state index in [0.29, 0.717) is 37.3 Å². The number of ether oxygens (including phenoxy) is 2. The van der Waals surface area contributed by atoms with Crippen molar-refractivity contribution in [3.8, 4) is 17.2 Å². The van der Waals surface area contributed by atoms with Crippen molar-refractivity contribution in [3.05, 3.63) is 77.0 Å². The van der Waals surface area contributed by atoms with Crippen LogP contribution in [0.4, 0.5) is 5.82 Å². The van der Waals surface area contributed by atoms with E-state index in [4.69, 9.17) is 9.47 Å². The van der Waals surface area contributed by atoms with E-state index in [0.717, 1.165) is 28.2 Å². The molecule has 3 aliphatic rings. The molecule has 0 bridgehead atoms. The Morgan fingerprint density at radius 2 is 1.92 bits per heavy atom. The standard InChI is InChI=1S/C30H30N2O4/c1-30(2,3)18-6-4-17(5-7-18)14-19(33)15-23-27-22-16-20(8-10-24(22)36-28(23)27)35-25-12-13-31-29-21(25)9-11-26(34)32-29/h4-8,10,12-13,16,23,27-28H,9,11,14-15H2,1-3H3,(H,31,32,34)/t23-,27-,28?/m0/s1. The van der Waals surface area contributed by atoms with Crippen molar-refractivity contribution in [2.75, 3.05) is 5.32 Å². The van der Waals surface area contributed by atoms with Crippen LogP contribution in [0.15, 0.2) is 54.7 Å². The lowest BCUT2D eigenvalue weighted by Crippen LogP contribution is -2.20. The van der Waals surface area contributed by atoms with Gasteiger partial charge in [-0.05, 0) is 47.2 Å². The number of nitrogens with zero attached hydrogens (tertiary/aromatic N) is 1. The molecule has 0 spiro atoms. The van der Waals surface area contributed by atoms with Gasteiger partial charge in [0, 0.05) is 48.4 Å². The highest BCUT2D eigenvalue weighted by Crippen LogP contribution is 2.60. The van der Waals surface area contributed by atoms with Crippen molar-refractivity contribution in [2.45, 2.75) is 63.9 Å². The van der Waals surface area contributed by atoms with Crippen molar-refractivity contribution < 1.29 is 19.1 Å². The molecule has 6 rings (SSSR count). The lowest BCUT2D eigenvalue weighted by atomic mass is 9.86. The fourth-order valence-corrected chi connectivity index (χ4v) is 5.42. The number of hydrogen-bond acceptors (Lipinski definition) is 5. The largest absolute Gasteiger partial charge is 0.489 e. The summed E-state index contributed by atoms with van der Waals surface area (Å²) in [5.41, 5.74) is 4.47. The van der Waals surface area contributed by atoms with Gasteiger partial charge in [-0.25, -0.2) is 4.98 Å². The molecule has 1 saturated carbocycles. The fourth-order valence-electron chi connectivity index (χ4n) is 5.42. The first-order valence-corrected chi connectivity index (χ1v) is 12.6. The molecule has 1 N–H and O–H groups in total. The Labute approximate surface area is 211 Å². The zero-order valence-electron chi connectivity index (χ0n) is 20.8. The summed E-state index contributed by atoms with van der Waals surface area (Å²) in [4.78, 5) is 28.8. The van der Waals surface area contributed by atoms with Gasteiger partial charge in [0.05, 0.1) is 0 Å². The number of carbonyl (C=O) groups is 2. The summed E-state index contributed by atoms with van der Waals surface area (Å²) < 4.78 is 12.4. The highest BCUT2D eigenvalue weighted by atomic mass is 16.5. The van der Waals surface area contributed by atoms with Crippen LogP contribution in [0.1, 0.15) is 61.8 Å². The molecule has 0 saturated heterocycles. The van der Waals surface area contributed by atoms with E-state index >= 15 is 0 Å². The molecule has 0 radical (unpaired) electrons. The Morgan fingerprint density at radius 3 is 2.69 bits per heavy atom. The maximum absolute atomic E-state index is 12.8. The molecule has 6 nitrogen and oxygen atoms in total. The molecule has 1 aromatic heterocycles. The van der Waals surface area contributed by atoms with Gasteiger partial charge >= 0.3 is 0 Å². The number of rotatable bonds is 6. The van der Waals surface area contributed by atoms with E-state index in [1.54, 1.807) is 6.20 Å². The number of amides is 1. The molecular formula is C30H30N2O4. The van der Waals surface area contributed by atoms with Gasteiger partial charge in [-0.15, -0.1) is 0 Å². The van der Waals surface area contributed by atoms with E-state index < -0.39 is 0 Å². The van der Waals surface area contributed by atoms with Crippen LogP contribution in [0.25, 0.3) is 0 Å². The third-order valence-corrected chi connectivity index (χ3v) is 7.48. The number of hydrogen-bond donors (Lipinski definition) is 1. The number of ketones is 1. The summed E-state index contributed by atoms with van der Waals surface area (Å²) in [6, 6.07) is 16.1. The monoisotopic (exact) mass is 482 g/mol. The number of Topliss-reactive ketones (excluding diaryl/α,β-unsaturated/α-hetero) is 1. The van der Waals surface area contributed by atoms with Crippen molar-refractivity contribution >= 4 is 17.5 Å². The van der Waals surface area contributed by atoms with E-state index in [1.165, 1.54) is 5.56 Å². The summed E-state index contributed by atoms with van der Waals surface area (Å²) in [5, 5.41) is 2.81. The Bertz CT molecular complexity index is 1360. The van der Waals surface area contributed by atoms with Crippen LogP contribution < -0.4 is 14.8 Å². The van der Waals surface area contributed by atoms with Crippen molar-refractivity contribution in [1.82, 2.24) is 4.98 Å². The minimum atomic E-state index is -0.0240. The molecule has 1 unspecified atom stereocenters. The topological polar surface area (TPSA) is 77.5 Å². The lowest BCUT2D eigenvalue weighted by Gasteiger charge is -2.19. The van der Waals surface area contributed by atoms with Crippen LogP contribution in [0.5, 0.6) is 17.2 Å². The summed E-state index contributed by atoms with van der Waals surface area (Å²) in [5.74, 6) is 3.56. The molecule has 1 amide bonds. The predicted molar refractivity (Wildman–Crippen MR) is 137 cm³/mol. The smallest absolute Gasteiger partial charge is 0.225 e. The van der Waals surface area contributed by atoms with Crippen molar-refractivity contribution in [2.24, 2.45) is 5.92 Å². The van der Waals surface area contributed by atoms with Crippen LogP contribution >= 0.6 is 0 Å². The van der Waals surface area contributed by atoms with Crippen LogP contribution in [0, 0.1) is 5.92 Å². The van der Waals surface area contributed by atoms with Gasteiger partial charge < -0.3 is 14.8 Å². The SMILES string of the molecule is CC(C)(C)c1ccc(CC(=O)C[C@@H]2C3Oc4ccc(Oc5ccnc6c5CCC(=O)N6)cc4[C@H]32)cc1. The second kappa shape index (κ2) is 8.47. The number of nitrogens with one attached hydrogen (secondary N) is 1. The summed E-state index contributed by atoms with van der Waals surface area (Å²) in [7, 11) is 0. The third-order valence-electron chi connectivity index (χ3n) is 7.48. The molecule has 184 valence electrons. The normalized spacial score (nSPS) is 21.5. The molecule has 1 fully saturated rings. The highest BCUT2D eigenvalue weighted by Gasteiger charge is 2.59. The van der Waals surface area contributed by atoms with Crippen LogP contribution in [0.3, 0.4) is 0 Å². The molecule has 3 heterocycles. The number of pyridine rings is 1. The molecule has 2 aromatic carbocycles. The predicted octanol–water partition coefficient (Wildman–Crippen LogP) is 5.73. The van der Waals surface area contributed by atoms with Gasteiger partial charge in [0.2, 0.25) is 5.91 Å². The second-order valence-corrected chi connectivity index (χ2v) is 11.1. The molecule has 36 heavy (non-hydrogen) atoms. The Kier molecular flexibility index (Phi) is 5.36. The van der Waals surface area contributed by atoms with E-state index in [2.05, 4.69) is 55.3 Å². The Hall–Kier alpha value is -3.67. The van der Waals surface area contributed by atoms with Gasteiger partial charge in [-0.1, -0.05) is 45.0 Å². The van der Waals surface area contributed by atoms with Gasteiger partial charge in [-0.2, -0.15) is 0 Å². The van der Waals surface area contributed by atoms with E-state index in [-0.39, 0.29) is 35.0 Å². The molecule has 6 heteroatoms. The fraction of sp³-hybridized carbons (Fsp3) is 0.367. The van der Waals surface area contributed by atoms with Crippen molar-refractivity contribution in [3.63, 3.8) is 0 Å². The van der Waals surface area contributed by atoms with E-state index in [1.807, 2.05) is 24.3 Å². The average molecular weight is 483 g/mol.